The lowest BCUT2D eigenvalue weighted by atomic mass is 10.1. The van der Waals surface area contributed by atoms with Crippen molar-refractivity contribution in [2.24, 2.45) is 0 Å². The highest BCUT2D eigenvalue weighted by atomic mass is 31.2. The minimum Gasteiger partial charge on any atom is -0.384 e. The number of nitrogens with zero attached hydrogens (tertiary/aromatic N) is 3. The highest BCUT2D eigenvalue weighted by Crippen LogP contribution is 2.57. The predicted octanol–water partition coefficient (Wildman–Crippen LogP) is 1.42. The van der Waals surface area contributed by atoms with Gasteiger partial charge in [0.25, 0.3) is 0 Å². The first-order valence-electron chi connectivity index (χ1n) is 9.23. The van der Waals surface area contributed by atoms with Crippen molar-refractivity contribution in [2.45, 2.75) is 36.9 Å². The van der Waals surface area contributed by atoms with E-state index in [1.54, 1.807) is 24.5 Å². The number of hydrogen-bond acceptors (Lipinski definition) is 10. The minimum atomic E-state index is -4.12. The molecule has 2 aromatic heterocycles. The Morgan fingerprint density at radius 1 is 1.35 bits per heavy atom. The van der Waals surface area contributed by atoms with Crippen molar-refractivity contribution < 1.29 is 36.8 Å². The van der Waals surface area contributed by atoms with Gasteiger partial charge in [-0.25, -0.2) is 9.36 Å². The van der Waals surface area contributed by atoms with Gasteiger partial charge in [-0.1, -0.05) is 0 Å². The summed E-state index contributed by atoms with van der Waals surface area (Å²) < 4.78 is 63.3. The molecule has 31 heavy (non-hydrogen) atoms. The normalized spacial score (nSPS) is 32.7. The van der Waals surface area contributed by atoms with Crippen LogP contribution in [-0.4, -0.2) is 51.0 Å². The second-order valence-electron chi connectivity index (χ2n) is 6.93. The van der Waals surface area contributed by atoms with Crippen molar-refractivity contribution in [2.75, 3.05) is 18.9 Å². The van der Waals surface area contributed by atoms with Crippen molar-refractivity contribution >= 4 is 13.6 Å². The standard InChI is InChI=1S/C17H19F2N4O7P/c18-17(19)14(24)12(29-15(17)23-7-3-13(20)22-16(23)25)9-28-31(26)27-8-4-11(30-31)10-1-5-21-6-2-10/h1-3,5-7,11-12,14-15,24H,4,8-9H2,(H2,20,22,25)/t11-,12-,14-,15-,31+/m1/s1. The zero-order valence-corrected chi connectivity index (χ0v) is 16.8. The van der Waals surface area contributed by atoms with E-state index in [1.807, 2.05) is 0 Å². The molecule has 2 aliphatic rings. The lowest BCUT2D eigenvalue weighted by Crippen LogP contribution is -2.42. The molecular formula is C17H19F2N4O7P. The molecule has 0 amide bonds. The van der Waals surface area contributed by atoms with Crippen molar-refractivity contribution in [3.05, 3.63) is 52.8 Å². The summed E-state index contributed by atoms with van der Waals surface area (Å²) in [7, 11) is -4.12. The average Bonchev–Trinajstić information content (AvgIpc) is 2.96. The molecule has 168 valence electrons. The summed E-state index contributed by atoms with van der Waals surface area (Å²) in [5, 5.41) is 10.0. The van der Waals surface area contributed by atoms with Crippen LogP contribution in [0.15, 0.2) is 41.6 Å². The predicted molar refractivity (Wildman–Crippen MR) is 100.0 cm³/mol. The molecule has 0 bridgehead atoms. The van der Waals surface area contributed by atoms with E-state index in [0.29, 0.717) is 16.6 Å². The number of hydrogen-bond donors (Lipinski definition) is 2. The van der Waals surface area contributed by atoms with Crippen LogP contribution in [0.25, 0.3) is 0 Å². The summed E-state index contributed by atoms with van der Waals surface area (Å²) in [6, 6.07) is 4.49. The van der Waals surface area contributed by atoms with Gasteiger partial charge >= 0.3 is 19.4 Å². The number of aliphatic hydroxyl groups excluding tert-OH is 1. The highest BCUT2D eigenvalue weighted by molar-refractivity contribution is 7.48. The van der Waals surface area contributed by atoms with Crippen molar-refractivity contribution in [3.63, 3.8) is 0 Å². The first kappa shape index (κ1) is 21.9. The second kappa shape index (κ2) is 8.34. The smallest absolute Gasteiger partial charge is 0.384 e. The van der Waals surface area contributed by atoms with Crippen LogP contribution in [0.5, 0.6) is 0 Å². The maximum absolute atomic E-state index is 14.6. The van der Waals surface area contributed by atoms with E-state index < -0.39 is 50.6 Å². The van der Waals surface area contributed by atoms with Gasteiger partial charge in [0.2, 0.25) is 6.23 Å². The summed E-state index contributed by atoms with van der Waals surface area (Å²) in [6.45, 7) is -0.686. The van der Waals surface area contributed by atoms with Crippen LogP contribution in [0.4, 0.5) is 14.6 Å². The molecule has 2 aromatic rings. The molecule has 2 fully saturated rings. The summed E-state index contributed by atoms with van der Waals surface area (Å²) in [5.74, 6) is -4.02. The topological polar surface area (TPSA) is 148 Å². The van der Waals surface area contributed by atoms with Gasteiger partial charge in [0.15, 0.2) is 6.10 Å². The number of anilines is 1. The molecule has 0 unspecified atom stereocenters. The number of phosphoric acid groups is 1. The third-order valence-corrected chi connectivity index (χ3v) is 6.32. The molecular weight excluding hydrogens is 441 g/mol. The first-order chi connectivity index (χ1) is 14.7. The fourth-order valence-corrected chi connectivity index (χ4v) is 4.65. The molecule has 2 saturated heterocycles. The summed E-state index contributed by atoms with van der Waals surface area (Å²) >= 11 is 0. The number of aliphatic hydroxyl groups is 1. The molecule has 5 atom stereocenters. The van der Waals surface area contributed by atoms with Gasteiger partial charge in [-0.3, -0.25) is 23.1 Å². The fourth-order valence-electron chi connectivity index (χ4n) is 3.26. The fraction of sp³-hybridized carbons (Fsp3) is 0.471. The number of nitrogens with two attached hydrogens (primary N) is 1. The number of phosphoric ester groups is 1. The summed E-state index contributed by atoms with van der Waals surface area (Å²) in [6.07, 6.45) is -2.28. The molecule has 3 N–H and O–H groups in total. The number of pyridine rings is 1. The quantitative estimate of drug-likeness (QED) is 0.628. The average molecular weight is 460 g/mol. The van der Waals surface area contributed by atoms with Crippen LogP contribution >= 0.6 is 7.82 Å². The van der Waals surface area contributed by atoms with E-state index in [1.165, 1.54) is 0 Å². The van der Waals surface area contributed by atoms with Gasteiger partial charge < -0.3 is 15.6 Å². The molecule has 0 spiro atoms. The monoisotopic (exact) mass is 460 g/mol. The third-order valence-electron chi connectivity index (χ3n) is 4.84. The number of ether oxygens (including phenoxy) is 1. The Bertz CT molecular complexity index is 1040. The van der Waals surface area contributed by atoms with Gasteiger partial charge in [-0.05, 0) is 23.8 Å². The van der Waals surface area contributed by atoms with E-state index in [9.17, 15) is 23.2 Å². The zero-order chi connectivity index (χ0) is 22.2. The Kier molecular flexibility index (Phi) is 5.90. The van der Waals surface area contributed by atoms with E-state index in [2.05, 4.69) is 9.97 Å². The van der Waals surface area contributed by atoms with Crippen LogP contribution in [-0.2, 0) is 22.9 Å². The van der Waals surface area contributed by atoms with E-state index in [0.717, 1.165) is 12.3 Å². The maximum atomic E-state index is 14.6. The van der Waals surface area contributed by atoms with Crippen molar-refractivity contribution in [1.82, 2.24) is 14.5 Å². The lowest BCUT2D eigenvalue weighted by molar-refractivity contribution is -0.140. The molecule has 0 radical (unpaired) electrons. The molecule has 14 heteroatoms. The number of nitrogen functional groups attached to an aromatic ring is 1. The van der Waals surface area contributed by atoms with Crippen LogP contribution in [0.3, 0.4) is 0 Å². The number of rotatable bonds is 5. The molecule has 11 nitrogen and oxygen atoms in total. The van der Waals surface area contributed by atoms with Crippen molar-refractivity contribution in [3.8, 4) is 0 Å². The SMILES string of the molecule is Nc1ccn([C@@H]2O[C@H](CO[P@]3(=O)OCC[C@H](c4ccncc4)O3)[C@@H](O)C2(F)F)c(=O)n1. The molecule has 0 aromatic carbocycles. The van der Waals surface area contributed by atoms with Crippen LogP contribution < -0.4 is 11.4 Å². The van der Waals surface area contributed by atoms with E-state index in [-0.39, 0.29) is 12.4 Å². The van der Waals surface area contributed by atoms with Crippen LogP contribution in [0, 0.1) is 0 Å². The zero-order valence-electron chi connectivity index (χ0n) is 15.9. The second-order valence-corrected chi connectivity index (χ2v) is 8.55. The Hall–Kier alpha value is -2.28. The van der Waals surface area contributed by atoms with Crippen molar-refractivity contribution in [1.29, 1.82) is 0 Å². The van der Waals surface area contributed by atoms with E-state index in [4.69, 9.17) is 24.0 Å². The van der Waals surface area contributed by atoms with Gasteiger partial charge in [-0.2, -0.15) is 13.8 Å². The minimum absolute atomic E-state index is 0.0453. The van der Waals surface area contributed by atoms with Gasteiger partial charge in [0.1, 0.15) is 11.9 Å². The Morgan fingerprint density at radius 2 is 2.10 bits per heavy atom. The highest BCUT2D eigenvalue weighted by Gasteiger charge is 2.60. The largest absolute Gasteiger partial charge is 0.475 e. The number of aromatic nitrogens is 3. The lowest BCUT2D eigenvalue weighted by Gasteiger charge is -2.29. The summed E-state index contributed by atoms with van der Waals surface area (Å²) in [4.78, 5) is 19.2. The Labute approximate surface area is 174 Å². The molecule has 4 rings (SSSR count). The molecule has 2 aliphatic heterocycles. The molecule has 0 saturated carbocycles. The number of alkyl halides is 2. The third kappa shape index (κ3) is 4.38. The Balaban J connectivity index is 1.46. The van der Waals surface area contributed by atoms with Gasteiger partial charge in [0.05, 0.1) is 19.3 Å². The molecule has 0 aliphatic carbocycles. The van der Waals surface area contributed by atoms with Gasteiger partial charge in [-0.15, -0.1) is 0 Å². The number of halogens is 2. The van der Waals surface area contributed by atoms with E-state index >= 15 is 0 Å². The van der Waals surface area contributed by atoms with Gasteiger partial charge in [0, 0.05) is 25.0 Å². The Morgan fingerprint density at radius 3 is 2.81 bits per heavy atom. The maximum Gasteiger partial charge on any atom is 0.475 e. The molecule has 4 heterocycles. The van der Waals surface area contributed by atoms with Crippen LogP contribution in [0.2, 0.25) is 0 Å². The summed E-state index contributed by atoms with van der Waals surface area (Å²) in [5.41, 5.74) is 4.98. The van der Waals surface area contributed by atoms with Crippen LogP contribution in [0.1, 0.15) is 24.3 Å². The first-order valence-corrected chi connectivity index (χ1v) is 10.7.